The molecule has 2 rings (SSSR count). The second kappa shape index (κ2) is 6.21. The van der Waals surface area contributed by atoms with Crippen molar-refractivity contribution in [3.8, 4) is 5.75 Å². The number of amides is 2. The minimum atomic E-state index is -0.594. The molecule has 102 valence electrons. The molecule has 0 heterocycles. The zero-order chi connectivity index (χ0) is 14.5. The Morgan fingerprint density at radius 2 is 1.35 bits per heavy atom. The lowest BCUT2D eigenvalue weighted by Gasteiger charge is -2.09. The summed E-state index contributed by atoms with van der Waals surface area (Å²) >= 11 is 3.25. The van der Waals surface area contributed by atoms with Gasteiger partial charge in [-0.25, -0.2) is 0 Å². The number of para-hydroxylation sites is 1. The number of rotatable bonds is 2. The fourth-order valence-corrected chi connectivity index (χ4v) is 2.02. The molecule has 3 N–H and O–H groups in total. The molecule has 0 saturated carbocycles. The number of phenolic OH excluding ortho intramolecular Hbond substituents is 1. The fourth-order valence-electron chi connectivity index (χ4n) is 1.56. The maximum absolute atomic E-state index is 11.9. The molecule has 6 heteroatoms. The van der Waals surface area contributed by atoms with Gasteiger partial charge in [-0.2, -0.15) is 0 Å². The number of nitrogens with one attached hydrogen (secondary N) is 2. The second-order valence-electron chi connectivity index (χ2n) is 3.91. The van der Waals surface area contributed by atoms with Crippen molar-refractivity contribution in [3.05, 3.63) is 64.1 Å². The molecule has 0 aliphatic heterocycles. The van der Waals surface area contributed by atoms with Crippen molar-refractivity contribution in [1.29, 1.82) is 0 Å². The van der Waals surface area contributed by atoms with Gasteiger partial charge in [0.15, 0.2) is 0 Å². The van der Waals surface area contributed by atoms with Crippen molar-refractivity contribution in [1.82, 2.24) is 10.9 Å². The van der Waals surface area contributed by atoms with Crippen LogP contribution in [0.1, 0.15) is 20.7 Å². The van der Waals surface area contributed by atoms with Crippen LogP contribution in [0.3, 0.4) is 0 Å². The highest BCUT2D eigenvalue weighted by Crippen LogP contribution is 2.16. The molecule has 20 heavy (non-hydrogen) atoms. The Kier molecular flexibility index (Phi) is 4.37. The Balaban J connectivity index is 2.03. The van der Waals surface area contributed by atoms with Crippen molar-refractivity contribution in [3.63, 3.8) is 0 Å². The van der Waals surface area contributed by atoms with E-state index in [1.54, 1.807) is 36.4 Å². The minimum absolute atomic E-state index is 0.0833. The summed E-state index contributed by atoms with van der Waals surface area (Å²) in [5.41, 5.74) is 5.01. The number of carbonyl (C=O) groups is 2. The first kappa shape index (κ1) is 14.1. The standard InChI is InChI=1S/C14H11BrN2O3/c15-11-7-3-1-5-9(11)13(19)16-17-14(20)10-6-2-4-8-12(10)18/h1-8,18H,(H,16,19)(H,17,20). The molecule has 0 radical (unpaired) electrons. The largest absolute Gasteiger partial charge is 0.507 e. The van der Waals surface area contributed by atoms with Gasteiger partial charge >= 0.3 is 0 Å². The predicted molar refractivity (Wildman–Crippen MR) is 77.2 cm³/mol. The van der Waals surface area contributed by atoms with Crippen molar-refractivity contribution < 1.29 is 14.7 Å². The first-order valence-corrected chi connectivity index (χ1v) is 6.52. The van der Waals surface area contributed by atoms with E-state index in [1.165, 1.54) is 12.1 Å². The van der Waals surface area contributed by atoms with Gasteiger partial charge in [-0.05, 0) is 40.2 Å². The summed E-state index contributed by atoms with van der Waals surface area (Å²) in [5.74, 6) is -1.20. The van der Waals surface area contributed by atoms with Crippen LogP contribution in [-0.4, -0.2) is 16.9 Å². The van der Waals surface area contributed by atoms with Crippen LogP contribution in [0.2, 0.25) is 0 Å². The summed E-state index contributed by atoms with van der Waals surface area (Å²) in [6.45, 7) is 0. The number of aromatic hydroxyl groups is 1. The average Bonchev–Trinajstić information content (AvgIpc) is 2.45. The first-order valence-electron chi connectivity index (χ1n) is 5.73. The maximum Gasteiger partial charge on any atom is 0.273 e. The van der Waals surface area contributed by atoms with Crippen LogP contribution >= 0.6 is 15.9 Å². The topological polar surface area (TPSA) is 78.4 Å². The van der Waals surface area contributed by atoms with E-state index < -0.39 is 11.8 Å². The van der Waals surface area contributed by atoms with Gasteiger partial charge in [-0.3, -0.25) is 20.4 Å². The molecule has 2 amide bonds. The summed E-state index contributed by atoms with van der Waals surface area (Å²) in [6, 6.07) is 12.9. The van der Waals surface area contributed by atoms with Gasteiger partial charge in [0.05, 0.1) is 11.1 Å². The predicted octanol–water partition coefficient (Wildman–Crippen LogP) is 2.23. The zero-order valence-electron chi connectivity index (χ0n) is 10.3. The molecule has 0 spiro atoms. The molecule has 0 aliphatic carbocycles. The van der Waals surface area contributed by atoms with E-state index in [2.05, 4.69) is 26.8 Å². The van der Waals surface area contributed by atoms with E-state index >= 15 is 0 Å². The van der Waals surface area contributed by atoms with E-state index in [4.69, 9.17) is 0 Å². The highest BCUT2D eigenvalue weighted by Gasteiger charge is 2.13. The van der Waals surface area contributed by atoms with Gasteiger partial charge in [0.25, 0.3) is 11.8 Å². The van der Waals surface area contributed by atoms with E-state index in [1.807, 2.05) is 0 Å². The lowest BCUT2D eigenvalue weighted by molar-refractivity contribution is 0.0844. The zero-order valence-corrected chi connectivity index (χ0v) is 11.8. The molecule has 0 saturated heterocycles. The van der Waals surface area contributed by atoms with E-state index in [0.717, 1.165) is 0 Å². The lowest BCUT2D eigenvalue weighted by atomic mass is 10.2. The summed E-state index contributed by atoms with van der Waals surface area (Å²) in [4.78, 5) is 23.7. The minimum Gasteiger partial charge on any atom is -0.507 e. The second-order valence-corrected chi connectivity index (χ2v) is 4.76. The SMILES string of the molecule is O=C(NNC(=O)c1ccccc1Br)c1ccccc1O. The molecule has 5 nitrogen and oxygen atoms in total. The van der Waals surface area contributed by atoms with E-state index in [0.29, 0.717) is 10.0 Å². The van der Waals surface area contributed by atoms with Gasteiger partial charge in [0.2, 0.25) is 0 Å². The molecular formula is C14H11BrN2O3. The number of hydrazine groups is 1. The molecular weight excluding hydrogens is 324 g/mol. The van der Waals surface area contributed by atoms with Gasteiger partial charge in [0.1, 0.15) is 5.75 Å². The third-order valence-corrected chi connectivity index (χ3v) is 3.25. The number of carbonyl (C=O) groups excluding carboxylic acids is 2. The number of halogens is 1. The van der Waals surface area contributed by atoms with Crippen LogP contribution < -0.4 is 10.9 Å². The smallest absolute Gasteiger partial charge is 0.273 e. The Bertz CT molecular complexity index is 601. The molecule has 2 aromatic carbocycles. The van der Waals surface area contributed by atoms with Gasteiger partial charge < -0.3 is 5.11 Å². The Hall–Kier alpha value is -2.34. The normalized spacial score (nSPS) is 9.85. The van der Waals surface area contributed by atoms with Crippen molar-refractivity contribution in [2.45, 2.75) is 0 Å². The summed E-state index contributed by atoms with van der Waals surface area (Å²) in [7, 11) is 0. The third kappa shape index (κ3) is 3.16. The lowest BCUT2D eigenvalue weighted by Crippen LogP contribution is -2.41. The molecule has 0 fully saturated rings. The molecule has 0 bridgehead atoms. The van der Waals surface area contributed by atoms with Crippen molar-refractivity contribution in [2.75, 3.05) is 0 Å². The first-order chi connectivity index (χ1) is 9.59. The van der Waals surface area contributed by atoms with Gasteiger partial charge in [-0.15, -0.1) is 0 Å². The third-order valence-electron chi connectivity index (χ3n) is 2.56. The summed E-state index contributed by atoms with van der Waals surface area (Å²) in [5, 5.41) is 9.53. The van der Waals surface area contributed by atoms with E-state index in [9.17, 15) is 14.7 Å². The van der Waals surface area contributed by atoms with Crippen LogP contribution in [0.25, 0.3) is 0 Å². The number of benzene rings is 2. The van der Waals surface area contributed by atoms with Gasteiger partial charge in [0, 0.05) is 4.47 Å². The Labute approximate surface area is 123 Å². The summed E-state index contributed by atoms with van der Waals surface area (Å²) in [6.07, 6.45) is 0. The highest BCUT2D eigenvalue weighted by atomic mass is 79.9. The highest BCUT2D eigenvalue weighted by molar-refractivity contribution is 9.10. The number of hydrogen-bond donors (Lipinski definition) is 3. The quantitative estimate of drug-likeness (QED) is 0.737. The van der Waals surface area contributed by atoms with Gasteiger partial charge in [-0.1, -0.05) is 24.3 Å². The molecule has 0 unspecified atom stereocenters. The van der Waals surface area contributed by atoms with Crippen LogP contribution in [0.5, 0.6) is 5.75 Å². The number of hydrogen-bond acceptors (Lipinski definition) is 3. The van der Waals surface area contributed by atoms with E-state index in [-0.39, 0.29) is 11.3 Å². The van der Waals surface area contributed by atoms with Crippen LogP contribution in [0.15, 0.2) is 53.0 Å². The Morgan fingerprint density at radius 3 is 1.95 bits per heavy atom. The molecule has 2 aromatic rings. The Morgan fingerprint density at radius 1 is 0.850 bits per heavy atom. The number of phenols is 1. The molecule has 0 aliphatic rings. The summed E-state index contributed by atoms with van der Waals surface area (Å²) < 4.78 is 0.620. The van der Waals surface area contributed by atoms with Crippen LogP contribution in [0.4, 0.5) is 0 Å². The molecule has 0 aromatic heterocycles. The monoisotopic (exact) mass is 334 g/mol. The van der Waals surface area contributed by atoms with Crippen LogP contribution in [-0.2, 0) is 0 Å². The van der Waals surface area contributed by atoms with Crippen molar-refractivity contribution >= 4 is 27.7 Å². The maximum atomic E-state index is 11.9. The van der Waals surface area contributed by atoms with Crippen molar-refractivity contribution in [2.24, 2.45) is 0 Å². The molecule has 0 atom stereocenters. The average molecular weight is 335 g/mol. The van der Waals surface area contributed by atoms with Crippen LogP contribution in [0, 0.1) is 0 Å². The fraction of sp³-hybridized carbons (Fsp3) is 0.